The summed E-state index contributed by atoms with van der Waals surface area (Å²) in [5, 5.41) is 0. The number of hydrogen-bond donors (Lipinski definition) is 1. The Morgan fingerprint density at radius 1 is 1.19 bits per heavy atom. The predicted molar refractivity (Wildman–Crippen MR) is 81.8 cm³/mol. The molecule has 1 aromatic heterocycles. The highest BCUT2D eigenvalue weighted by Gasteiger charge is 2.22. The van der Waals surface area contributed by atoms with Crippen molar-refractivity contribution < 1.29 is 9.13 Å². The molecule has 0 atom stereocenters. The lowest BCUT2D eigenvalue weighted by molar-refractivity contribution is 0.411. The van der Waals surface area contributed by atoms with Crippen LogP contribution in [0.1, 0.15) is 32.2 Å². The van der Waals surface area contributed by atoms with Gasteiger partial charge in [0.15, 0.2) is 0 Å². The molecule has 0 aliphatic heterocycles. The molecule has 1 heterocycles. The van der Waals surface area contributed by atoms with Crippen molar-refractivity contribution in [3.63, 3.8) is 0 Å². The number of hydrogen-bond acceptors (Lipinski definition) is 4. The fraction of sp³-hybridized carbons (Fsp3) is 0.375. The molecule has 0 fully saturated rings. The Kier molecular flexibility index (Phi) is 3.85. The molecule has 0 saturated carbocycles. The van der Waals surface area contributed by atoms with Gasteiger partial charge in [0.1, 0.15) is 23.2 Å². The molecular weight excluding hydrogens is 269 g/mol. The molecule has 21 heavy (non-hydrogen) atoms. The van der Waals surface area contributed by atoms with E-state index < -0.39 is 5.82 Å². The number of anilines is 1. The molecule has 0 amide bonds. The molecule has 4 nitrogen and oxygen atoms in total. The van der Waals surface area contributed by atoms with E-state index in [9.17, 15) is 4.39 Å². The van der Waals surface area contributed by atoms with Crippen LogP contribution in [0.25, 0.3) is 11.3 Å². The minimum absolute atomic E-state index is 0.264. The van der Waals surface area contributed by atoms with Gasteiger partial charge in [0.2, 0.25) is 0 Å². The lowest BCUT2D eigenvalue weighted by atomic mass is 9.94. The van der Waals surface area contributed by atoms with Crippen molar-refractivity contribution in [2.75, 3.05) is 12.8 Å². The molecule has 1 aromatic carbocycles. The molecule has 0 aliphatic carbocycles. The fourth-order valence-corrected chi connectivity index (χ4v) is 1.95. The van der Waals surface area contributed by atoms with Gasteiger partial charge in [0.25, 0.3) is 0 Å². The summed E-state index contributed by atoms with van der Waals surface area (Å²) in [5.41, 5.74) is 7.29. The number of halogens is 1. The third-order valence-electron chi connectivity index (χ3n) is 3.29. The van der Waals surface area contributed by atoms with Crippen LogP contribution < -0.4 is 10.5 Å². The second-order valence-corrected chi connectivity index (χ2v) is 6.00. The van der Waals surface area contributed by atoms with E-state index in [1.807, 2.05) is 20.8 Å². The second-order valence-electron chi connectivity index (χ2n) is 6.00. The molecule has 0 spiro atoms. The van der Waals surface area contributed by atoms with Crippen molar-refractivity contribution in [2.24, 2.45) is 0 Å². The van der Waals surface area contributed by atoms with Gasteiger partial charge in [0.05, 0.1) is 12.8 Å². The standard InChI is InChI=1S/C16H20FN3O/c1-9-13(11-7-6-10(21-5)8-12(11)17)19-15(16(2,3)4)20-14(9)18/h6-8H,1-5H3,(H2,18,19,20). The Bertz CT molecular complexity index is 678. The number of rotatable bonds is 2. The van der Waals surface area contributed by atoms with Crippen molar-refractivity contribution in [3.8, 4) is 17.0 Å². The maximum atomic E-state index is 14.3. The van der Waals surface area contributed by atoms with Crippen LogP contribution in [0.4, 0.5) is 10.2 Å². The topological polar surface area (TPSA) is 61.0 Å². The van der Waals surface area contributed by atoms with Gasteiger partial charge >= 0.3 is 0 Å². The molecule has 0 saturated heterocycles. The van der Waals surface area contributed by atoms with E-state index in [1.165, 1.54) is 13.2 Å². The molecule has 2 aromatic rings. The third-order valence-corrected chi connectivity index (χ3v) is 3.29. The quantitative estimate of drug-likeness (QED) is 0.919. The summed E-state index contributed by atoms with van der Waals surface area (Å²) in [6.45, 7) is 7.77. The van der Waals surface area contributed by atoms with E-state index in [2.05, 4.69) is 9.97 Å². The predicted octanol–water partition coefficient (Wildman–Crippen LogP) is 3.48. The van der Waals surface area contributed by atoms with Gasteiger partial charge in [-0.15, -0.1) is 0 Å². The number of methoxy groups -OCH3 is 1. The van der Waals surface area contributed by atoms with Crippen LogP contribution >= 0.6 is 0 Å². The van der Waals surface area contributed by atoms with Gasteiger partial charge in [-0.05, 0) is 19.1 Å². The maximum absolute atomic E-state index is 14.3. The summed E-state index contributed by atoms with van der Waals surface area (Å²) in [6.07, 6.45) is 0. The minimum atomic E-state index is -0.393. The number of nitrogens with zero attached hydrogens (tertiary/aromatic N) is 2. The van der Waals surface area contributed by atoms with E-state index in [0.29, 0.717) is 34.2 Å². The zero-order chi connectivity index (χ0) is 15.8. The van der Waals surface area contributed by atoms with E-state index in [-0.39, 0.29) is 5.41 Å². The molecule has 0 aliphatic rings. The highest BCUT2D eigenvalue weighted by atomic mass is 19.1. The average molecular weight is 289 g/mol. The molecule has 0 radical (unpaired) electrons. The second kappa shape index (κ2) is 5.31. The van der Waals surface area contributed by atoms with E-state index in [0.717, 1.165) is 0 Å². The zero-order valence-corrected chi connectivity index (χ0v) is 13.0. The van der Waals surface area contributed by atoms with Gasteiger partial charge in [-0.25, -0.2) is 14.4 Å². The summed E-state index contributed by atoms with van der Waals surface area (Å²) >= 11 is 0. The summed E-state index contributed by atoms with van der Waals surface area (Å²) in [5.74, 6) is 1.04. The summed E-state index contributed by atoms with van der Waals surface area (Å²) in [4.78, 5) is 8.83. The highest BCUT2D eigenvalue weighted by Crippen LogP contribution is 2.31. The lowest BCUT2D eigenvalue weighted by Gasteiger charge is -2.19. The Balaban J connectivity index is 2.66. The zero-order valence-electron chi connectivity index (χ0n) is 13.0. The van der Waals surface area contributed by atoms with Crippen LogP contribution in [0.5, 0.6) is 5.75 Å². The smallest absolute Gasteiger partial charge is 0.136 e. The van der Waals surface area contributed by atoms with Gasteiger partial charge in [-0.3, -0.25) is 0 Å². The van der Waals surface area contributed by atoms with E-state index in [4.69, 9.17) is 10.5 Å². The highest BCUT2D eigenvalue weighted by molar-refractivity contribution is 5.68. The van der Waals surface area contributed by atoms with Crippen molar-refractivity contribution in [1.82, 2.24) is 9.97 Å². The molecule has 0 unspecified atom stereocenters. The normalized spacial score (nSPS) is 11.5. The van der Waals surface area contributed by atoms with Crippen LogP contribution in [0.2, 0.25) is 0 Å². The molecule has 112 valence electrons. The van der Waals surface area contributed by atoms with E-state index >= 15 is 0 Å². The first kappa shape index (κ1) is 15.2. The van der Waals surface area contributed by atoms with Gasteiger partial charge in [-0.2, -0.15) is 0 Å². The Hall–Kier alpha value is -2.17. The lowest BCUT2D eigenvalue weighted by Crippen LogP contribution is -2.18. The molecule has 0 bridgehead atoms. The van der Waals surface area contributed by atoms with Crippen molar-refractivity contribution in [3.05, 3.63) is 35.4 Å². The minimum Gasteiger partial charge on any atom is -0.497 e. The first-order chi connectivity index (χ1) is 9.74. The number of ether oxygens (including phenoxy) is 1. The fourth-order valence-electron chi connectivity index (χ4n) is 1.95. The van der Waals surface area contributed by atoms with Crippen molar-refractivity contribution >= 4 is 5.82 Å². The number of benzene rings is 1. The van der Waals surface area contributed by atoms with Crippen LogP contribution in [0.3, 0.4) is 0 Å². The average Bonchev–Trinajstić information content (AvgIpc) is 2.40. The number of aromatic nitrogens is 2. The van der Waals surface area contributed by atoms with Gasteiger partial charge in [0, 0.05) is 22.6 Å². The number of nitrogens with two attached hydrogens (primary N) is 1. The first-order valence-electron chi connectivity index (χ1n) is 6.72. The van der Waals surface area contributed by atoms with Crippen LogP contribution in [0, 0.1) is 12.7 Å². The van der Waals surface area contributed by atoms with Crippen LogP contribution in [0.15, 0.2) is 18.2 Å². The molecule has 5 heteroatoms. The number of nitrogen functional groups attached to an aromatic ring is 1. The van der Waals surface area contributed by atoms with E-state index in [1.54, 1.807) is 19.1 Å². The SMILES string of the molecule is COc1ccc(-c2nc(C(C)(C)C)nc(N)c2C)c(F)c1. The third kappa shape index (κ3) is 2.96. The molecule has 2 N–H and O–H groups in total. The Morgan fingerprint density at radius 3 is 2.38 bits per heavy atom. The Labute approximate surface area is 124 Å². The largest absolute Gasteiger partial charge is 0.497 e. The monoisotopic (exact) mass is 289 g/mol. The van der Waals surface area contributed by atoms with Crippen molar-refractivity contribution in [1.29, 1.82) is 0 Å². The van der Waals surface area contributed by atoms with Gasteiger partial charge < -0.3 is 10.5 Å². The van der Waals surface area contributed by atoms with Crippen LogP contribution in [-0.2, 0) is 5.41 Å². The van der Waals surface area contributed by atoms with Crippen molar-refractivity contribution in [2.45, 2.75) is 33.1 Å². The summed E-state index contributed by atoms with van der Waals surface area (Å²) < 4.78 is 19.3. The Morgan fingerprint density at radius 2 is 1.86 bits per heavy atom. The maximum Gasteiger partial charge on any atom is 0.136 e. The van der Waals surface area contributed by atoms with Gasteiger partial charge in [-0.1, -0.05) is 20.8 Å². The van der Waals surface area contributed by atoms with Crippen LogP contribution in [-0.4, -0.2) is 17.1 Å². The summed E-state index contributed by atoms with van der Waals surface area (Å²) in [6, 6.07) is 4.69. The first-order valence-corrected chi connectivity index (χ1v) is 6.72. The summed E-state index contributed by atoms with van der Waals surface area (Å²) in [7, 11) is 1.50. The molecular formula is C16H20FN3O. The molecule has 2 rings (SSSR count).